The number of nitrogens with zero attached hydrogens (tertiary/aromatic N) is 2. The van der Waals surface area contributed by atoms with Gasteiger partial charge in [0.15, 0.2) is 0 Å². The first-order chi connectivity index (χ1) is 8.94. The van der Waals surface area contributed by atoms with Crippen molar-refractivity contribution in [2.45, 2.75) is 44.8 Å². The van der Waals surface area contributed by atoms with Gasteiger partial charge in [-0.15, -0.1) is 0 Å². The lowest BCUT2D eigenvalue weighted by molar-refractivity contribution is -0.0176. The van der Waals surface area contributed by atoms with E-state index in [1.165, 1.54) is 6.33 Å². The highest BCUT2D eigenvalue weighted by molar-refractivity contribution is 6.30. The molecule has 0 bridgehead atoms. The summed E-state index contributed by atoms with van der Waals surface area (Å²) >= 11 is 6.10. The van der Waals surface area contributed by atoms with Gasteiger partial charge in [0.2, 0.25) is 0 Å². The van der Waals surface area contributed by atoms with Crippen LogP contribution in [0.1, 0.15) is 38.7 Å². The SMILES string of the molecule is CC(C)c1c(Cl)ncnc1NCC1(O)CCOC1C. The highest BCUT2D eigenvalue weighted by Gasteiger charge is 2.39. The second-order valence-corrected chi connectivity index (χ2v) is 5.66. The highest BCUT2D eigenvalue weighted by atomic mass is 35.5. The summed E-state index contributed by atoms with van der Waals surface area (Å²) in [4.78, 5) is 8.22. The summed E-state index contributed by atoms with van der Waals surface area (Å²) in [5.74, 6) is 0.894. The third-order valence-electron chi connectivity index (χ3n) is 3.63. The van der Waals surface area contributed by atoms with Gasteiger partial charge in [-0.1, -0.05) is 25.4 Å². The lowest BCUT2D eigenvalue weighted by Crippen LogP contribution is -2.43. The number of rotatable bonds is 4. The summed E-state index contributed by atoms with van der Waals surface area (Å²) in [5.41, 5.74) is 0.0189. The van der Waals surface area contributed by atoms with Gasteiger partial charge in [-0.05, 0) is 12.8 Å². The molecule has 1 fully saturated rings. The van der Waals surface area contributed by atoms with Crippen LogP contribution in [-0.4, -0.2) is 39.9 Å². The first kappa shape index (κ1) is 14.5. The van der Waals surface area contributed by atoms with E-state index in [0.29, 0.717) is 30.5 Å². The van der Waals surface area contributed by atoms with Crippen molar-refractivity contribution in [2.75, 3.05) is 18.5 Å². The predicted molar refractivity (Wildman–Crippen MR) is 74.6 cm³/mol. The number of anilines is 1. The van der Waals surface area contributed by atoms with Crippen molar-refractivity contribution in [1.82, 2.24) is 9.97 Å². The van der Waals surface area contributed by atoms with E-state index in [1.807, 2.05) is 20.8 Å². The second-order valence-electron chi connectivity index (χ2n) is 5.30. The van der Waals surface area contributed by atoms with E-state index in [-0.39, 0.29) is 12.0 Å². The van der Waals surface area contributed by atoms with Crippen LogP contribution in [0.3, 0.4) is 0 Å². The number of hydrogen-bond acceptors (Lipinski definition) is 5. The van der Waals surface area contributed by atoms with E-state index >= 15 is 0 Å². The Morgan fingerprint density at radius 3 is 2.89 bits per heavy atom. The maximum atomic E-state index is 10.5. The van der Waals surface area contributed by atoms with E-state index in [2.05, 4.69) is 15.3 Å². The van der Waals surface area contributed by atoms with Crippen molar-refractivity contribution in [3.05, 3.63) is 17.0 Å². The molecule has 0 aliphatic carbocycles. The molecule has 0 radical (unpaired) electrons. The van der Waals surface area contributed by atoms with Crippen LogP contribution in [0.4, 0.5) is 5.82 Å². The minimum Gasteiger partial charge on any atom is -0.385 e. The van der Waals surface area contributed by atoms with E-state index in [1.54, 1.807) is 0 Å². The minimum atomic E-state index is -0.855. The smallest absolute Gasteiger partial charge is 0.138 e. The van der Waals surface area contributed by atoms with Crippen LogP contribution in [-0.2, 0) is 4.74 Å². The fourth-order valence-corrected chi connectivity index (χ4v) is 2.62. The molecular weight excluding hydrogens is 266 g/mol. The Bertz CT molecular complexity index is 456. The maximum absolute atomic E-state index is 10.5. The first-order valence-electron chi connectivity index (χ1n) is 6.52. The summed E-state index contributed by atoms with van der Waals surface area (Å²) < 4.78 is 5.41. The standard InChI is InChI=1S/C13H20ClN3O2/c1-8(2)10-11(14)16-7-17-12(10)15-6-13(18)4-5-19-9(13)3/h7-9,18H,4-6H2,1-3H3,(H,15,16,17). The van der Waals surface area contributed by atoms with Crippen LogP contribution in [0.5, 0.6) is 0 Å². The van der Waals surface area contributed by atoms with Crippen LogP contribution in [0.2, 0.25) is 5.15 Å². The molecule has 2 N–H and O–H groups in total. The van der Waals surface area contributed by atoms with Crippen molar-refractivity contribution in [3.8, 4) is 0 Å². The topological polar surface area (TPSA) is 67.3 Å². The summed E-state index contributed by atoms with van der Waals surface area (Å²) in [6.45, 7) is 6.92. The van der Waals surface area contributed by atoms with Crippen molar-refractivity contribution in [3.63, 3.8) is 0 Å². The monoisotopic (exact) mass is 285 g/mol. The Kier molecular flexibility index (Phi) is 4.28. The number of halogens is 1. The van der Waals surface area contributed by atoms with E-state index in [9.17, 15) is 5.11 Å². The third kappa shape index (κ3) is 2.99. The highest BCUT2D eigenvalue weighted by Crippen LogP contribution is 2.30. The molecule has 0 amide bonds. The van der Waals surface area contributed by atoms with Crippen molar-refractivity contribution < 1.29 is 9.84 Å². The molecule has 2 rings (SSSR count). The largest absolute Gasteiger partial charge is 0.385 e. The Morgan fingerprint density at radius 1 is 1.58 bits per heavy atom. The molecule has 0 saturated carbocycles. The molecule has 1 aliphatic heterocycles. The van der Waals surface area contributed by atoms with Gasteiger partial charge in [-0.2, -0.15) is 0 Å². The minimum absolute atomic E-state index is 0.181. The predicted octanol–water partition coefficient (Wildman–Crippen LogP) is 2.21. The fourth-order valence-electron chi connectivity index (χ4n) is 2.27. The molecule has 2 atom stereocenters. The van der Waals surface area contributed by atoms with Crippen molar-refractivity contribution >= 4 is 17.4 Å². The van der Waals surface area contributed by atoms with E-state index < -0.39 is 5.60 Å². The Morgan fingerprint density at radius 2 is 2.32 bits per heavy atom. The molecule has 19 heavy (non-hydrogen) atoms. The maximum Gasteiger partial charge on any atom is 0.138 e. The molecular formula is C13H20ClN3O2. The van der Waals surface area contributed by atoms with E-state index in [0.717, 1.165) is 5.56 Å². The summed E-state index contributed by atoms with van der Waals surface area (Å²) in [6.07, 6.45) is 1.87. The van der Waals surface area contributed by atoms with Gasteiger partial charge in [0.1, 0.15) is 22.9 Å². The molecule has 1 saturated heterocycles. The summed E-state index contributed by atoms with van der Waals surface area (Å²) in [6, 6.07) is 0. The molecule has 0 aromatic carbocycles. The zero-order valence-electron chi connectivity index (χ0n) is 11.5. The molecule has 2 heterocycles. The summed E-state index contributed by atoms with van der Waals surface area (Å²) in [7, 11) is 0. The van der Waals surface area contributed by atoms with Gasteiger partial charge in [0.05, 0.1) is 6.10 Å². The lowest BCUT2D eigenvalue weighted by Gasteiger charge is -2.27. The Labute approximate surface area is 118 Å². The third-order valence-corrected chi connectivity index (χ3v) is 3.94. The van der Waals surface area contributed by atoms with Crippen LogP contribution >= 0.6 is 11.6 Å². The summed E-state index contributed by atoms with van der Waals surface area (Å²) in [5, 5.41) is 14.1. The average molecular weight is 286 g/mol. The van der Waals surface area contributed by atoms with Gasteiger partial charge < -0.3 is 15.2 Å². The lowest BCUT2D eigenvalue weighted by atomic mass is 9.96. The number of aromatic nitrogens is 2. The zero-order chi connectivity index (χ0) is 14.0. The Balaban J connectivity index is 2.14. The van der Waals surface area contributed by atoms with Gasteiger partial charge in [0, 0.05) is 25.1 Å². The molecule has 6 heteroatoms. The molecule has 1 aliphatic rings. The molecule has 5 nitrogen and oxygen atoms in total. The zero-order valence-corrected chi connectivity index (χ0v) is 12.2. The van der Waals surface area contributed by atoms with Crippen LogP contribution in [0.15, 0.2) is 6.33 Å². The van der Waals surface area contributed by atoms with Gasteiger partial charge in [0.25, 0.3) is 0 Å². The molecule has 106 valence electrons. The van der Waals surface area contributed by atoms with Crippen molar-refractivity contribution in [2.24, 2.45) is 0 Å². The van der Waals surface area contributed by atoms with Gasteiger partial charge in [-0.25, -0.2) is 9.97 Å². The second kappa shape index (κ2) is 5.61. The molecule has 2 unspecified atom stereocenters. The molecule has 1 aromatic rings. The quantitative estimate of drug-likeness (QED) is 0.830. The van der Waals surface area contributed by atoms with Crippen molar-refractivity contribution in [1.29, 1.82) is 0 Å². The first-order valence-corrected chi connectivity index (χ1v) is 6.90. The fraction of sp³-hybridized carbons (Fsp3) is 0.692. The number of ether oxygens (including phenoxy) is 1. The van der Waals surface area contributed by atoms with E-state index in [4.69, 9.17) is 16.3 Å². The van der Waals surface area contributed by atoms with Crippen LogP contribution in [0.25, 0.3) is 0 Å². The van der Waals surface area contributed by atoms with Crippen LogP contribution in [0, 0.1) is 0 Å². The van der Waals surface area contributed by atoms with Crippen LogP contribution < -0.4 is 5.32 Å². The molecule has 1 aromatic heterocycles. The van der Waals surface area contributed by atoms with Gasteiger partial charge >= 0.3 is 0 Å². The Hall–Kier alpha value is -0.910. The average Bonchev–Trinajstić information content (AvgIpc) is 2.67. The number of aliphatic hydroxyl groups is 1. The van der Waals surface area contributed by atoms with Gasteiger partial charge in [-0.3, -0.25) is 0 Å². The molecule has 0 spiro atoms. The number of nitrogens with one attached hydrogen (secondary N) is 1. The number of hydrogen-bond donors (Lipinski definition) is 2. The normalized spacial score (nSPS) is 26.9.